The molecule has 0 saturated carbocycles. The van der Waals surface area contributed by atoms with Gasteiger partial charge < -0.3 is 9.47 Å². The Hall–Kier alpha value is -1.42. The quantitative estimate of drug-likeness (QED) is 0.806. The van der Waals surface area contributed by atoms with Gasteiger partial charge in [-0.15, -0.1) is 0 Å². The number of amides is 1. The van der Waals surface area contributed by atoms with E-state index >= 15 is 0 Å². The lowest BCUT2D eigenvalue weighted by Gasteiger charge is -2.26. The Morgan fingerprint density at radius 2 is 1.90 bits per heavy atom. The topological polar surface area (TPSA) is 25.2 Å². The zero-order valence-electron chi connectivity index (χ0n) is 12.3. The normalized spacial score (nSPS) is 15.8. The van der Waals surface area contributed by atoms with Gasteiger partial charge in [0.25, 0.3) is 5.91 Å². The SMILES string of the molecule is Cc1c(C(=O)N2CCSCC2)n(C)c2c(C)cccc12. The van der Waals surface area contributed by atoms with Crippen LogP contribution in [0.4, 0.5) is 0 Å². The van der Waals surface area contributed by atoms with Crippen LogP contribution in [0.1, 0.15) is 21.6 Å². The second-order valence-corrected chi connectivity index (χ2v) is 6.63. The molecular formula is C16H20N2OS. The van der Waals surface area contributed by atoms with Crippen molar-refractivity contribution in [3.63, 3.8) is 0 Å². The summed E-state index contributed by atoms with van der Waals surface area (Å²) in [6.07, 6.45) is 0. The van der Waals surface area contributed by atoms with Crippen LogP contribution < -0.4 is 0 Å². The molecule has 1 aromatic heterocycles. The molecule has 3 rings (SSSR count). The molecule has 1 aliphatic heterocycles. The average Bonchev–Trinajstić information content (AvgIpc) is 2.72. The fraction of sp³-hybridized carbons (Fsp3) is 0.438. The molecule has 0 radical (unpaired) electrons. The third-order valence-electron chi connectivity index (χ3n) is 4.17. The molecule has 2 aromatic rings. The molecule has 4 heteroatoms. The van der Waals surface area contributed by atoms with Crippen LogP contribution in [0.5, 0.6) is 0 Å². The van der Waals surface area contributed by atoms with Gasteiger partial charge in [0.2, 0.25) is 0 Å². The van der Waals surface area contributed by atoms with E-state index in [0.717, 1.165) is 35.9 Å². The summed E-state index contributed by atoms with van der Waals surface area (Å²) in [6.45, 7) is 5.90. The van der Waals surface area contributed by atoms with Crippen molar-refractivity contribution in [2.45, 2.75) is 13.8 Å². The number of hydrogen-bond donors (Lipinski definition) is 0. The molecule has 1 aliphatic rings. The number of aryl methyl sites for hydroxylation is 3. The molecule has 0 bridgehead atoms. The Balaban J connectivity index is 2.11. The third kappa shape index (κ3) is 2.03. The summed E-state index contributed by atoms with van der Waals surface area (Å²) in [4.78, 5) is 14.8. The largest absolute Gasteiger partial charge is 0.339 e. The van der Waals surface area contributed by atoms with Gasteiger partial charge in [0.15, 0.2) is 0 Å². The molecule has 1 aromatic carbocycles. The summed E-state index contributed by atoms with van der Waals surface area (Å²) in [7, 11) is 2.01. The fourth-order valence-electron chi connectivity index (χ4n) is 3.12. The molecule has 0 N–H and O–H groups in total. The third-order valence-corrected chi connectivity index (χ3v) is 5.11. The van der Waals surface area contributed by atoms with E-state index in [1.54, 1.807) is 0 Å². The predicted molar refractivity (Wildman–Crippen MR) is 85.6 cm³/mol. The van der Waals surface area contributed by atoms with Crippen LogP contribution in [0, 0.1) is 13.8 Å². The first kappa shape index (κ1) is 13.6. The number of carbonyl (C=O) groups excluding carboxylic acids is 1. The molecule has 3 nitrogen and oxygen atoms in total. The Labute approximate surface area is 123 Å². The molecule has 0 atom stereocenters. The maximum atomic E-state index is 12.8. The molecule has 0 unspecified atom stereocenters. The minimum absolute atomic E-state index is 0.181. The van der Waals surface area contributed by atoms with Crippen LogP contribution in [0.25, 0.3) is 10.9 Å². The lowest BCUT2D eigenvalue weighted by atomic mass is 10.1. The molecule has 106 valence electrons. The number of para-hydroxylation sites is 1. The molecule has 0 aliphatic carbocycles. The van der Waals surface area contributed by atoms with Gasteiger partial charge in [0.1, 0.15) is 5.69 Å². The lowest BCUT2D eigenvalue weighted by molar-refractivity contribution is 0.0762. The standard InChI is InChI=1S/C16H20N2OS/c1-11-5-4-6-13-12(2)15(17(3)14(11)13)16(19)18-7-9-20-10-8-18/h4-6H,7-10H2,1-3H3. The van der Waals surface area contributed by atoms with Gasteiger partial charge in [-0.25, -0.2) is 0 Å². The number of benzene rings is 1. The van der Waals surface area contributed by atoms with Gasteiger partial charge >= 0.3 is 0 Å². The lowest BCUT2D eigenvalue weighted by Crippen LogP contribution is -2.39. The van der Waals surface area contributed by atoms with Gasteiger partial charge in [-0.2, -0.15) is 11.8 Å². The van der Waals surface area contributed by atoms with E-state index in [4.69, 9.17) is 0 Å². The van der Waals surface area contributed by atoms with E-state index < -0.39 is 0 Å². The average molecular weight is 288 g/mol. The van der Waals surface area contributed by atoms with E-state index in [1.165, 1.54) is 16.5 Å². The van der Waals surface area contributed by atoms with Crippen molar-refractivity contribution in [1.29, 1.82) is 0 Å². The number of aromatic nitrogens is 1. The van der Waals surface area contributed by atoms with Gasteiger partial charge in [-0.3, -0.25) is 4.79 Å². The smallest absolute Gasteiger partial charge is 0.270 e. The van der Waals surface area contributed by atoms with Crippen molar-refractivity contribution in [1.82, 2.24) is 9.47 Å². The number of nitrogens with zero attached hydrogens (tertiary/aromatic N) is 2. The predicted octanol–water partition coefficient (Wildman–Crippen LogP) is 2.98. The number of thioether (sulfide) groups is 1. The second kappa shape index (κ2) is 5.17. The minimum atomic E-state index is 0.181. The zero-order chi connectivity index (χ0) is 14.3. The summed E-state index contributed by atoms with van der Waals surface area (Å²) in [5.74, 6) is 2.28. The monoisotopic (exact) mass is 288 g/mol. The highest BCUT2D eigenvalue weighted by molar-refractivity contribution is 7.99. The molecule has 0 spiro atoms. The number of rotatable bonds is 1. The summed E-state index contributed by atoms with van der Waals surface area (Å²) in [5, 5.41) is 1.20. The van der Waals surface area contributed by atoms with Crippen LogP contribution in [-0.2, 0) is 7.05 Å². The summed E-state index contributed by atoms with van der Waals surface area (Å²) >= 11 is 1.93. The van der Waals surface area contributed by atoms with Gasteiger partial charge in [-0.1, -0.05) is 18.2 Å². The molecule has 1 amide bonds. The first-order valence-corrected chi connectivity index (χ1v) is 8.18. The maximum absolute atomic E-state index is 12.8. The van der Waals surface area contributed by atoms with E-state index in [9.17, 15) is 4.79 Å². The molecule has 20 heavy (non-hydrogen) atoms. The minimum Gasteiger partial charge on any atom is -0.339 e. The van der Waals surface area contributed by atoms with E-state index in [1.807, 2.05) is 23.7 Å². The zero-order valence-corrected chi connectivity index (χ0v) is 13.1. The first-order valence-electron chi connectivity index (χ1n) is 7.03. The highest BCUT2D eigenvalue weighted by Crippen LogP contribution is 2.28. The van der Waals surface area contributed by atoms with E-state index in [-0.39, 0.29) is 5.91 Å². The van der Waals surface area contributed by atoms with Crippen molar-refractivity contribution in [2.24, 2.45) is 7.05 Å². The first-order chi connectivity index (χ1) is 9.61. The summed E-state index contributed by atoms with van der Waals surface area (Å²) in [6, 6.07) is 6.28. The van der Waals surface area contributed by atoms with Crippen LogP contribution in [0.15, 0.2) is 18.2 Å². The highest BCUT2D eigenvalue weighted by Gasteiger charge is 2.24. The maximum Gasteiger partial charge on any atom is 0.270 e. The van der Waals surface area contributed by atoms with Gasteiger partial charge in [-0.05, 0) is 25.0 Å². The Bertz CT molecular complexity index is 669. The van der Waals surface area contributed by atoms with Crippen LogP contribution in [0.2, 0.25) is 0 Å². The molecule has 1 saturated heterocycles. The summed E-state index contributed by atoms with van der Waals surface area (Å²) in [5.41, 5.74) is 4.36. The molecular weight excluding hydrogens is 268 g/mol. The van der Waals surface area contributed by atoms with Crippen molar-refractivity contribution < 1.29 is 4.79 Å². The van der Waals surface area contributed by atoms with Crippen LogP contribution in [0.3, 0.4) is 0 Å². The van der Waals surface area contributed by atoms with Crippen molar-refractivity contribution in [2.75, 3.05) is 24.6 Å². The van der Waals surface area contributed by atoms with Crippen molar-refractivity contribution >= 4 is 28.6 Å². The number of fused-ring (bicyclic) bond motifs is 1. The Kier molecular flexibility index (Phi) is 3.50. The van der Waals surface area contributed by atoms with Crippen LogP contribution >= 0.6 is 11.8 Å². The number of hydrogen-bond acceptors (Lipinski definition) is 2. The highest BCUT2D eigenvalue weighted by atomic mass is 32.2. The van der Waals surface area contributed by atoms with Crippen molar-refractivity contribution in [3.8, 4) is 0 Å². The number of carbonyl (C=O) groups is 1. The van der Waals surface area contributed by atoms with Crippen molar-refractivity contribution in [3.05, 3.63) is 35.0 Å². The Morgan fingerprint density at radius 3 is 2.55 bits per heavy atom. The van der Waals surface area contributed by atoms with E-state index in [0.29, 0.717) is 0 Å². The Morgan fingerprint density at radius 1 is 1.20 bits per heavy atom. The van der Waals surface area contributed by atoms with E-state index in [2.05, 4.69) is 36.6 Å². The summed E-state index contributed by atoms with van der Waals surface area (Å²) < 4.78 is 2.07. The van der Waals surface area contributed by atoms with Gasteiger partial charge in [0.05, 0.1) is 5.52 Å². The molecule has 2 heterocycles. The second-order valence-electron chi connectivity index (χ2n) is 5.41. The van der Waals surface area contributed by atoms with Crippen LogP contribution in [-0.4, -0.2) is 40.0 Å². The fourth-order valence-corrected chi connectivity index (χ4v) is 4.02. The molecule has 1 fully saturated rings. The van der Waals surface area contributed by atoms with Gasteiger partial charge in [0, 0.05) is 37.0 Å².